The lowest BCUT2D eigenvalue weighted by molar-refractivity contribution is 0.242. The fraction of sp³-hybridized carbons (Fsp3) is 0.286. The summed E-state index contributed by atoms with van der Waals surface area (Å²) in [4.78, 5) is 4.25. The number of hydrogen-bond acceptors (Lipinski definition) is 3. The van der Waals surface area contributed by atoms with Crippen LogP contribution in [0.4, 0.5) is 0 Å². The van der Waals surface area contributed by atoms with Crippen LogP contribution in [0.3, 0.4) is 0 Å². The highest BCUT2D eigenvalue weighted by molar-refractivity contribution is 5.57. The second-order valence-electron chi connectivity index (χ2n) is 4.36. The number of aromatic nitrogens is 2. The third-order valence-electron chi connectivity index (χ3n) is 2.48. The molecule has 0 saturated heterocycles. The molecule has 1 aromatic carbocycles. The molecular formula is C14H15N3O. The van der Waals surface area contributed by atoms with Gasteiger partial charge in [0.15, 0.2) is 5.69 Å². The second-order valence-corrected chi connectivity index (χ2v) is 4.36. The van der Waals surface area contributed by atoms with E-state index in [0.717, 1.165) is 17.1 Å². The summed E-state index contributed by atoms with van der Waals surface area (Å²) in [6.45, 7) is 3.98. The van der Waals surface area contributed by atoms with Crippen LogP contribution >= 0.6 is 0 Å². The fourth-order valence-electron chi connectivity index (χ4n) is 1.74. The van der Waals surface area contributed by atoms with Crippen LogP contribution in [-0.4, -0.2) is 15.7 Å². The van der Waals surface area contributed by atoms with Gasteiger partial charge in [0.25, 0.3) is 0 Å². The largest absolute Gasteiger partial charge is 0.491 e. The van der Waals surface area contributed by atoms with Crippen LogP contribution < -0.4 is 4.74 Å². The smallest absolute Gasteiger partial charge is 0.159 e. The zero-order valence-corrected chi connectivity index (χ0v) is 10.7. The van der Waals surface area contributed by atoms with Gasteiger partial charge in [-0.25, -0.2) is 4.98 Å². The molecule has 0 aliphatic heterocycles. The van der Waals surface area contributed by atoms with Crippen molar-refractivity contribution >= 4 is 0 Å². The zero-order valence-electron chi connectivity index (χ0n) is 10.7. The van der Waals surface area contributed by atoms with E-state index < -0.39 is 0 Å². The first kappa shape index (κ1) is 12.2. The Balaban J connectivity index is 2.29. The van der Waals surface area contributed by atoms with Gasteiger partial charge in [-0.15, -0.1) is 0 Å². The predicted molar refractivity (Wildman–Crippen MR) is 69.1 cm³/mol. The van der Waals surface area contributed by atoms with Crippen LogP contribution in [0.15, 0.2) is 30.5 Å². The number of imidazole rings is 1. The summed E-state index contributed by atoms with van der Waals surface area (Å²) in [6.07, 6.45) is 1.88. The molecule has 0 radical (unpaired) electrons. The molecule has 18 heavy (non-hydrogen) atoms. The molecule has 92 valence electrons. The van der Waals surface area contributed by atoms with E-state index in [1.807, 2.05) is 55.8 Å². The molecule has 0 aliphatic rings. The van der Waals surface area contributed by atoms with Gasteiger partial charge in [-0.05, 0) is 38.1 Å². The van der Waals surface area contributed by atoms with E-state index in [9.17, 15) is 0 Å². The molecule has 0 N–H and O–H groups in total. The van der Waals surface area contributed by atoms with Crippen LogP contribution in [0, 0.1) is 11.3 Å². The normalized spacial score (nSPS) is 10.4. The van der Waals surface area contributed by atoms with Crippen molar-refractivity contribution in [1.82, 2.24) is 9.55 Å². The van der Waals surface area contributed by atoms with Crippen LogP contribution in [0.2, 0.25) is 0 Å². The highest BCUT2D eigenvalue weighted by Gasteiger charge is 2.07. The molecule has 4 nitrogen and oxygen atoms in total. The van der Waals surface area contributed by atoms with E-state index in [0.29, 0.717) is 5.69 Å². The molecule has 0 aliphatic carbocycles. The van der Waals surface area contributed by atoms with Gasteiger partial charge >= 0.3 is 0 Å². The van der Waals surface area contributed by atoms with E-state index in [2.05, 4.69) is 4.98 Å². The van der Waals surface area contributed by atoms with Crippen molar-refractivity contribution in [2.45, 2.75) is 20.0 Å². The number of benzene rings is 1. The number of rotatable bonds is 3. The minimum atomic E-state index is 0.161. The first-order chi connectivity index (χ1) is 8.60. The molecule has 2 aromatic rings. The van der Waals surface area contributed by atoms with Crippen molar-refractivity contribution in [3.05, 3.63) is 36.2 Å². The maximum absolute atomic E-state index is 8.82. The van der Waals surface area contributed by atoms with Gasteiger partial charge in [0.2, 0.25) is 0 Å². The number of ether oxygens (including phenoxy) is 1. The SMILES string of the molecule is CC(C)Oc1ccc(-c2nc(C#N)cn2C)cc1. The molecule has 0 amide bonds. The standard InChI is InChI=1S/C14H15N3O/c1-10(2)18-13-6-4-11(5-7-13)14-16-12(8-15)9-17(14)3/h4-7,9-10H,1-3H3. The molecule has 1 aromatic heterocycles. The summed E-state index contributed by atoms with van der Waals surface area (Å²) < 4.78 is 7.43. The monoisotopic (exact) mass is 241 g/mol. The lowest BCUT2D eigenvalue weighted by Gasteiger charge is -2.09. The van der Waals surface area contributed by atoms with E-state index in [1.54, 1.807) is 6.20 Å². The number of hydrogen-bond donors (Lipinski definition) is 0. The van der Waals surface area contributed by atoms with Crippen LogP contribution in [0.1, 0.15) is 19.5 Å². The average Bonchev–Trinajstić information content (AvgIpc) is 2.71. The van der Waals surface area contributed by atoms with E-state index >= 15 is 0 Å². The van der Waals surface area contributed by atoms with Crippen molar-refractivity contribution < 1.29 is 4.74 Å². The molecule has 0 atom stereocenters. The quantitative estimate of drug-likeness (QED) is 0.830. The summed E-state index contributed by atoms with van der Waals surface area (Å²) in [5.74, 6) is 1.62. The molecule has 0 bridgehead atoms. The van der Waals surface area contributed by atoms with Gasteiger partial charge in [0.1, 0.15) is 17.6 Å². The summed E-state index contributed by atoms with van der Waals surface area (Å²) in [5.41, 5.74) is 1.39. The van der Waals surface area contributed by atoms with Crippen molar-refractivity contribution in [2.24, 2.45) is 7.05 Å². The maximum atomic E-state index is 8.82. The third-order valence-corrected chi connectivity index (χ3v) is 2.48. The van der Waals surface area contributed by atoms with Gasteiger partial charge in [0.05, 0.1) is 6.10 Å². The number of nitrogens with zero attached hydrogens (tertiary/aromatic N) is 3. The molecule has 1 heterocycles. The molecule has 0 spiro atoms. The first-order valence-corrected chi connectivity index (χ1v) is 5.80. The lowest BCUT2D eigenvalue weighted by Crippen LogP contribution is -2.05. The Hall–Kier alpha value is -2.28. The van der Waals surface area contributed by atoms with Gasteiger partial charge in [-0.3, -0.25) is 0 Å². The van der Waals surface area contributed by atoms with Crippen LogP contribution in [0.25, 0.3) is 11.4 Å². The molecule has 2 rings (SSSR count). The first-order valence-electron chi connectivity index (χ1n) is 5.80. The average molecular weight is 241 g/mol. The van der Waals surface area contributed by atoms with Gasteiger partial charge in [-0.2, -0.15) is 5.26 Å². The van der Waals surface area contributed by atoms with Crippen molar-refractivity contribution in [3.8, 4) is 23.2 Å². The zero-order chi connectivity index (χ0) is 13.1. The summed E-state index contributed by atoms with van der Waals surface area (Å²) in [7, 11) is 1.88. The highest BCUT2D eigenvalue weighted by Crippen LogP contribution is 2.22. The topological polar surface area (TPSA) is 50.8 Å². The predicted octanol–water partition coefficient (Wildman–Crippen LogP) is 2.75. The minimum Gasteiger partial charge on any atom is -0.491 e. The van der Waals surface area contributed by atoms with E-state index in [-0.39, 0.29) is 6.10 Å². The highest BCUT2D eigenvalue weighted by atomic mass is 16.5. The minimum absolute atomic E-state index is 0.161. The maximum Gasteiger partial charge on any atom is 0.159 e. The summed E-state index contributed by atoms with van der Waals surface area (Å²) in [6, 6.07) is 9.76. The molecule has 0 fully saturated rings. The van der Waals surface area contributed by atoms with Crippen molar-refractivity contribution in [3.63, 3.8) is 0 Å². The van der Waals surface area contributed by atoms with Gasteiger partial charge < -0.3 is 9.30 Å². The molecular weight excluding hydrogens is 226 g/mol. The Morgan fingerprint density at radius 1 is 1.28 bits per heavy atom. The number of aryl methyl sites for hydroxylation is 1. The lowest BCUT2D eigenvalue weighted by atomic mass is 10.2. The van der Waals surface area contributed by atoms with Gasteiger partial charge in [0, 0.05) is 18.8 Å². The molecule has 4 heteroatoms. The van der Waals surface area contributed by atoms with Crippen molar-refractivity contribution in [2.75, 3.05) is 0 Å². The summed E-state index contributed by atoms with van der Waals surface area (Å²) >= 11 is 0. The molecule has 0 saturated carbocycles. The third kappa shape index (κ3) is 2.51. The Kier molecular flexibility index (Phi) is 3.33. The van der Waals surface area contributed by atoms with Gasteiger partial charge in [-0.1, -0.05) is 0 Å². The Morgan fingerprint density at radius 3 is 2.44 bits per heavy atom. The van der Waals surface area contributed by atoms with E-state index in [4.69, 9.17) is 10.00 Å². The molecule has 0 unspecified atom stereocenters. The van der Waals surface area contributed by atoms with E-state index in [1.165, 1.54) is 0 Å². The van der Waals surface area contributed by atoms with Crippen LogP contribution in [0.5, 0.6) is 5.75 Å². The summed E-state index contributed by atoms with van der Waals surface area (Å²) in [5, 5.41) is 8.82. The number of nitriles is 1. The van der Waals surface area contributed by atoms with Crippen molar-refractivity contribution in [1.29, 1.82) is 5.26 Å². The Bertz CT molecular complexity index is 576. The Labute approximate surface area is 106 Å². The second kappa shape index (κ2) is 4.92. The Morgan fingerprint density at radius 2 is 1.94 bits per heavy atom. The van der Waals surface area contributed by atoms with Crippen LogP contribution in [-0.2, 0) is 7.05 Å². The fourth-order valence-corrected chi connectivity index (χ4v) is 1.74.